The summed E-state index contributed by atoms with van der Waals surface area (Å²) in [5, 5.41) is 0. The molecule has 0 bridgehead atoms. The van der Waals surface area contributed by atoms with Gasteiger partial charge in [0.05, 0.1) is 0 Å². The summed E-state index contributed by atoms with van der Waals surface area (Å²) in [6.45, 7) is 4.45. The highest BCUT2D eigenvalue weighted by molar-refractivity contribution is 6.85. The summed E-state index contributed by atoms with van der Waals surface area (Å²) < 4.78 is 35.6. The maximum Gasteiger partial charge on any atom is 0.511 e. The molecule has 0 aliphatic heterocycles. The van der Waals surface area contributed by atoms with Crippen LogP contribution in [0.15, 0.2) is 0 Å². The molecule has 0 unspecified atom stereocenters. The first-order chi connectivity index (χ1) is 13.5. The Morgan fingerprint density at radius 3 is 1.11 bits per heavy atom. The van der Waals surface area contributed by atoms with Gasteiger partial charge in [0.1, 0.15) is 4.66 Å². The van der Waals surface area contributed by atoms with Crippen molar-refractivity contribution in [2.45, 2.75) is 89.1 Å². The molecule has 0 heterocycles. The van der Waals surface area contributed by atoms with Gasteiger partial charge in [-0.15, -0.1) is 0 Å². The molecule has 0 radical (unpaired) electrons. The summed E-state index contributed by atoms with van der Waals surface area (Å²) in [4.78, 5) is 0. The van der Waals surface area contributed by atoms with E-state index in [1.165, 1.54) is 32.1 Å². The van der Waals surface area contributed by atoms with Gasteiger partial charge in [0.25, 0.3) is 0 Å². The normalized spacial score (nSPS) is 13.3. The average Bonchev–Trinajstić information content (AvgIpc) is 2.73. The first kappa shape index (κ1) is 28.2. The predicted molar refractivity (Wildman–Crippen MR) is 118 cm³/mol. The van der Waals surface area contributed by atoms with Gasteiger partial charge < -0.3 is 26.6 Å². The molecular weight excluding hydrogens is 392 g/mol. The molecule has 0 aromatic rings. The van der Waals surface area contributed by atoms with Crippen LogP contribution in [0.4, 0.5) is 0 Å². The summed E-state index contributed by atoms with van der Waals surface area (Å²) in [5.74, 6) is 0. The molecule has 0 rings (SSSR count). The van der Waals surface area contributed by atoms with Crippen molar-refractivity contribution in [3.8, 4) is 0 Å². The monoisotopic (exact) mass is 438 g/mol. The van der Waals surface area contributed by atoms with Crippen LogP contribution in [-0.4, -0.2) is 60.3 Å². The van der Waals surface area contributed by atoms with Gasteiger partial charge in [-0.2, -0.15) is 0 Å². The lowest BCUT2D eigenvalue weighted by atomic mass is 10.0. The Balaban J connectivity index is 5.98. The van der Waals surface area contributed by atoms with Crippen LogP contribution >= 0.6 is 0 Å². The lowest BCUT2D eigenvalue weighted by Gasteiger charge is -2.50. The number of hydrogen-bond acceptors (Lipinski definition) is 6. The second-order valence-electron chi connectivity index (χ2n) is 7.39. The molecule has 0 aromatic heterocycles. The molecule has 0 atom stereocenters. The molecule has 170 valence electrons. The van der Waals surface area contributed by atoms with Crippen LogP contribution in [0.3, 0.4) is 0 Å². The van der Waals surface area contributed by atoms with Gasteiger partial charge in [-0.25, -0.2) is 0 Å². The Labute approximate surface area is 176 Å². The van der Waals surface area contributed by atoms with Crippen LogP contribution < -0.4 is 0 Å². The summed E-state index contributed by atoms with van der Waals surface area (Å²) >= 11 is 0. The first-order valence-corrected chi connectivity index (χ1v) is 14.2. The molecule has 0 aliphatic carbocycles. The van der Waals surface area contributed by atoms with Crippen molar-refractivity contribution in [2.24, 2.45) is 0 Å². The highest BCUT2D eigenvalue weighted by Crippen LogP contribution is 2.56. The van der Waals surface area contributed by atoms with E-state index in [4.69, 9.17) is 26.6 Å². The smallest absolute Gasteiger partial charge is 0.377 e. The zero-order valence-electron chi connectivity index (χ0n) is 19.7. The van der Waals surface area contributed by atoms with E-state index in [1.807, 2.05) is 0 Å². The van der Waals surface area contributed by atoms with Crippen molar-refractivity contribution in [2.75, 3.05) is 42.7 Å². The number of hydrogen-bond donors (Lipinski definition) is 0. The van der Waals surface area contributed by atoms with Gasteiger partial charge in [0.15, 0.2) is 0 Å². The summed E-state index contributed by atoms with van der Waals surface area (Å²) in [7, 11) is 3.79. The van der Waals surface area contributed by atoms with Crippen molar-refractivity contribution in [3.63, 3.8) is 0 Å². The molecule has 0 spiro atoms. The summed E-state index contributed by atoms with van der Waals surface area (Å²) in [5.41, 5.74) is 0. The largest absolute Gasteiger partial charge is 0.511 e. The third-order valence-corrected chi connectivity index (χ3v) is 14.4. The fraction of sp³-hybridized carbons (Fsp3) is 1.00. The predicted octanol–water partition coefficient (Wildman–Crippen LogP) is 5.35. The van der Waals surface area contributed by atoms with E-state index in [9.17, 15) is 0 Å². The molecule has 0 amide bonds. The van der Waals surface area contributed by atoms with E-state index in [0.717, 1.165) is 38.5 Å². The molecule has 28 heavy (non-hydrogen) atoms. The van der Waals surface area contributed by atoms with E-state index in [2.05, 4.69) is 13.8 Å². The fourth-order valence-electron chi connectivity index (χ4n) is 4.48. The highest BCUT2D eigenvalue weighted by Gasteiger charge is 2.74. The van der Waals surface area contributed by atoms with Crippen LogP contribution in [0.5, 0.6) is 0 Å². The Morgan fingerprint density at radius 1 is 0.464 bits per heavy atom. The van der Waals surface area contributed by atoms with Crippen LogP contribution in [0.25, 0.3) is 0 Å². The SMILES string of the molecule is CCCCCCCCC(CCCCC)([Si](OC)(OC)OC)[Si](OC)(OC)OC. The van der Waals surface area contributed by atoms with Gasteiger partial charge in [-0.05, 0) is 12.8 Å². The van der Waals surface area contributed by atoms with E-state index >= 15 is 0 Å². The van der Waals surface area contributed by atoms with Crippen molar-refractivity contribution >= 4 is 17.6 Å². The minimum absolute atomic E-state index is 0.531. The maximum absolute atomic E-state index is 6.03. The highest BCUT2D eigenvalue weighted by atomic mass is 28.5. The van der Waals surface area contributed by atoms with Gasteiger partial charge in [-0.1, -0.05) is 71.6 Å². The van der Waals surface area contributed by atoms with Crippen molar-refractivity contribution < 1.29 is 26.6 Å². The molecule has 0 aliphatic rings. The quantitative estimate of drug-likeness (QED) is 0.200. The third kappa shape index (κ3) is 6.34. The minimum atomic E-state index is -3.13. The van der Waals surface area contributed by atoms with Crippen molar-refractivity contribution in [1.82, 2.24) is 0 Å². The van der Waals surface area contributed by atoms with Crippen LogP contribution in [0.1, 0.15) is 84.5 Å². The van der Waals surface area contributed by atoms with Gasteiger partial charge in [0.2, 0.25) is 0 Å². The number of rotatable bonds is 19. The van der Waals surface area contributed by atoms with Gasteiger partial charge in [-0.3, -0.25) is 0 Å². The Kier molecular flexibility index (Phi) is 15.2. The van der Waals surface area contributed by atoms with Crippen LogP contribution in [0.2, 0.25) is 4.66 Å². The second-order valence-corrected chi connectivity index (χ2v) is 14.5. The van der Waals surface area contributed by atoms with E-state index in [0.29, 0.717) is 0 Å². The standard InChI is InChI=1S/C20H46O6Si2/c1-9-11-13-14-15-17-19-20(18-16-12-10-2,27(21-3,22-4)23-5)28(24-6,25-7)26-8/h9-19H2,1-8H3. The molecule has 0 fully saturated rings. The zero-order chi connectivity index (χ0) is 21.5. The molecule has 0 aromatic carbocycles. The van der Waals surface area contributed by atoms with Crippen molar-refractivity contribution in [3.05, 3.63) is 0 Å². The zero-order valence-corrected chi connectivity index (χ0v) is 21.7. The maximum atomic E-state index is 6.03. The molecule has 0 saturated heterocycles. The first-order valence-electron chi connectivity index (χ1n) is 10.8. The molecule has 0 saturated carbocycles. The van der Waals surface area contributed by atoms with Crippen LogP contribution in [0, 0.1) is 0 Å². The van der Waals surface area contributed by atoms with Crippen LogP contribution in [-0.2, 0) is 26.6 Å². The van der Waals surface area contributed by atoms with E-state index < -0.39 is 22.3 Å². The molecular formula is C20H46O6Si2. The van der Waals surface area contributed by atoms with E-state index in [1.54, 1.807) is 42.7 Å². The van der Waals surface area contributed by atoms with E-state index in [-0.39, 0.29) is 0 Å². The lowest BCUT2D eigenvalue weighted by Crippen LogP contribution is -2.69. The van der Waals surface area contributed by atoms with Gasteiger partial charge in [0, 0.05) is 42.7 Å². The molecule has 0 N–H and O–H groups in total. The third-order valence-electron chi connectivity index (χ3n) is 5.95. The number of unbranched alkanes of at least 4 members (excludes halogenated alkanes) is 7. The Morgan fingerprint density at radius 2 is 0.750 bits per heavy atom. The average molecular weight is 439 g/mol. The Hall–Kier alpha value is 0.194. The molecule has 8 heteroatoms. The second kappa shape index (κ2) is 15.1. The fourth-order valence-corrected chi connectivity index (χ4v) is 13.1. The Bertz CT molecular complexity index is 339. The summed E-state index contributed by atoms with van der Waals surface area (Å²) in [6, 6.07) is 0. The minimum Gasteiger partial charge on any atom is -0.377 e. The van der Waals surface area contributed by atoms with Gasteiger partial charge >= 0.3 is 17.6 Å². The topological polar surface area (TPSA) is 55.4 Å². The lowest BCUT2D eigenvalue weighted by molar-refractivity contribution is 0.0468. The van der Waals surface area contributed by atoms with Crippen molar-refractivity contribution in [1.29, 1.82) is 0 Å². The summed E-state index contributed by atoms with van der Waals surface area (Å²) in [6.07, 6.45) is 12.3. The molecule has 6 nitrogen and oxygen atoms in total.